The quantitative estimate of drug-likeness (QED) is 0.864. The van der Waals surface area contributed by atoms with E-state index in [0.29, 0.717) is 17.9 Å². The van der Waals surface area contributed by atoms with Crippen LogP contribution in [-0.4, -0.2) is 19.1 Å². The number of aryl methyl sites for hydroxylation is 1. The van der Waals surface area contributed by atoms with E-state index in [1.54, 1.807) is 13.2 Å². The van der Waals surface area contributed by atoms with Crippen LogP contribution in [0.2, 0.25) is 0 Å². The van der Waals surface area contributed by atoms with E-state index < -0.39 is 6.10 Å². The van der Waals surface area contributed by atoms with E-state index in [-0.39, 0.29) is 11.9 Å². The second-order valence-electron chi connectivity index (χ2n) is 6.35. The van der Waals surface area contributed by atoms with E-state index in [9.17, 15) is 4.79 Å². The summed E-state index contributed by atoms with van der Waals surface area (Å²) < 4.78 is 11.1. The smallest absolute Gasteiger partial charge is 0.261 e. The molecule has 0 saturated carbocycles. The lowest BCUT2D eigenvalue weighted by atomic mass is 9.87. The number of nitrogens with one attached hydrogen (secondary N) is 1. The number of methoxy groups -OCH3 is 1. The summed E-state index contributed by atoms with van der Waals surface area (Å²) in [6.45, 7) is 1.96. The third-order valence-corrected chi connectivity index (χ3v) is 4.67. The first-order valence-electron chi connectivity index (χ1n) is 8.90. The number of carbonyl (C=O) groups excluding carboxylic acids is 1. The third-order valence-electron chi connectivity index (χ3n) is 4.67. The van der Waals surface area contributed by atoms with Crippen molar-refractivity contribution in [1.29, 1.82) is 0 Å². The highest BCUT2D eigenvalue weighted by atomic mass is 16.5. The highest BCUT2D eigenvalue weighted by Crippen LogP contribution is 2.29. The van der Waals surface area contributed by atoms with Crippen LogP contribution in [0.15, 0.2) is 48.5 Å². The van der Waals surface area contributed by atoms with Crippen LogP contribution >= 0.6 is 0 Å². The van der Waals surface area contributed by atoms with Gasteiger partial charge in [-0.1, -0.05) is 37.3 Å². The molecule has 0 aromatic heterocycles. The van der Waals surface area contributed by atoms with Gasteiger partial charge >= 0.3 is 0 Å². The largest absolute Gasteiger partial charge is 0.497 e. The second kappa shape index (κ2) is 8.06. The molecule has 0 fully saturated rings. The molecule has 0 bridgehead atoms. The molecule has 1 N–H and O–H groups in total. The van der Waals surface area contributed by atoms with E-state index in [4.69, 9.17) is 9.47 Å². The van der Waals surface area contributed by atoms with E-state index in [0.717, 1.165) is 19.3 Å². The molecule has 25 heavy (non-hydrogen) atoms. The van der Waals surface area contributed by atoms with Gasteiger partial charge in [0.1, 0.15) is 11.5 Å². The second-order valence-corrected chi connectivity index (χ2v) is 6.35. The molecule has 1 aliphatic carbocycles. The number of ether oxygens (including phenoxy) is 2. The molecule has 2 atom stereocenters. The molecule has 2 aromatic rings. The minimum Gasteiger partial charge on any atom is -0.497 e. The van der Waals surface area contributed by atoms with Crippen molar-refractivity contribution in [2.45, 2.75) is 44.8 Å². The van der Waals surface area contributed by atoms with Gasteiger partial charge in [-0.15, -0.1) is 0 Å². The Bertz CT molecular complexity index is 729. The zero-order valence-corrected chi connectivity index (χ0v) is 14.8. The molecule has 2 aromatic carbocycles. The van der Waals surface area contributed by atoms with Gasteiger partial charge in [0, 0.05) is 6.07 Å². The van der Waals surface area contributed by atoms with Gasteiger partial charge in [0.15, 0.2) is 6.10 Å². The minimum atomic E-state index is -0.513. The molecule has 4 nitrogen and oxygen atoms in total. The summed E-state index contributed by atoms with van der Waals surface area (Å²) in [4.78, 5) is 12.7. The Morgan fingerprint density at radius 3 is 2.80 bits per heavy atom. The van der Waals surface area contributed by atoms with Crippen LogP contribution in [0.4, 0.5) is 0 Å². The number of benzene rings is 2. The summed E-state index contributed by atoms with van der Waals surface area (Å²) >= 11 is 0. The predicted octanol–water partition coefficient (Wildman–Crippen LogP) is 4.05. The Labute approximate surface area is 149 Å². The van der Waals surface area contributed by atoms with Gasteiger partial charge < -0.3 is 14.8 Å². The van der Waals surface area contributed by atoms with E-state index in [1.165, 1.54) is 11.1 Å². The van der Waals surface area contributed by atoms with Crippen molar-refractivity contribution in [2.24, 2.45) is 0 Å². The van der Waals surface area contributed by atoms with E-state index >= 15 is 0 Å². The molecule has 0 unspecified atom stereocenters. The standard InChI is InChI=1S/C21H25NO3/c1-3-20(25-17-11-7-10-16(14-17)24-2)21(23)22-19-13-6-9-15-8-4-5-12-18(15)19/h4-5,7-8,10-12,14,19-20H,3,6,9,13H2,1-2H3,(H,22,23)/t19-,20+/m0/s1. The number of hydrogen-bond acceptors (Lipinski definition) is 3. The van der Waals surface area contributed by atoms with Crippen molar-refractivity contribution < 1.29 is 14.3 Å². The fourth-order valence-electron chi connectivity index (χ4n) is 3.33. The zero-order chi connectivity index (χ0) is 17.6. The molecule has 1 amide bonds. The first-order chi connectivity index (χ1) is 12.2. The average molecular weight is 339 g/mol. The Kier molecular flexibility index (Phi) is 5.59. The number of rotatable bonds is 6. The van der Waals surface area contributed by atoms with Crippen LogP contribution in [0.3, 0.4) is 0 Å². The average Bonchev–Trinajstić information content (AvgIpc) is 2.66. The monoisotopic (exact) mass is 339 g/mol. The molecule has 3 rings (SSSR count). The maximum atomic E-state index is 12.7. The summed E-state index contributed by atoms with van der Waals surface area (Å²) in [5, 5.41) is 3.18. The highest BCUT2D eigenvalue weighted by Gasteiger charge is 2.25. The van der Waals surface area contributed by atoms with Crippen molar-refractivity contribution in [3.05, 3.63) is 59.7 Å². The number of hydrogen-bond donors (Lipinski definition) is 1. The predicted molar refractivity (Wildman–Crippen MR) is 98.0 cm³/mol. The van der Waals surface area contributed by atoms with Crippen molar-refractivity contribution in [3.8, 4) is 11.5 Å². The lowest BCUT2D eigenvalue weighted by molar-refractivity contribution is -0.129. The van der Waals surface area contributed by atoms with Crippen LogP contribution in [0, 0.1) is 0 Å². The molecule has 1 aliphatic rings. The topological polar surface area (TPSA) is 47.6 Å². The van der Waals surface area contributed by atoms with Gasteiger partial charge in [0.2, 0.25) is 0 Å². The van der Waals surface area contributed by atoms with E-state index in [1.807, 2.05) is 31.2 Å². The molecule has 4 heteroatoms. The van der Waals surface area contributed by atoms with Gasteiger partial charge in [-0.3, -0.25) is 4.79 Å². The lowest BCUT2D eigenvalue weighted by Gasteiger charge is -2.28. The van der Waals surface area contributed by atoms with Crippen LogP contribution in [-0.2, 0) is 11.2 Å². The van der Waals surface area contributed by atoms with Crippen LogP contribution in [0.25, 0.3) is 0 Å². The maximum absolute atomic E-state index is 12.7. The lowest BCUT2D eigenvalue weighted by Crippen LogP contribution is -2.40. The van der Waals surface area contributed by atoms with Crippen LogP contribution in [0.1, 0.15) is 43.4 Å². The van der Waals surface area contributed by atoms with Crippen molar-refractivity contribution in [1.82, 2.24) is 5.32 Å². The Balaban J connectivity index is 1.69. The van der Waals surface area contributed by atoms with Gasteiger partial charge in [-0.05, 0) is 48.9 Å². The summed E-state index contributed by atoms with van der Waals surface area (Å²) in [5.74, 6) is 1.30. The van der Waals surface area contributed by atoms with Crippen LogP contribution < -0.4 is 14.8 Å². The minimum absolute atomic E-state index is 0.0629. The zero-order valence-electron chi connectivity index (χ0n) is 14.8. The fraction of sp³-hybridized carbons (Fsp3) is 0.381. The first kappa shape index (κ1) is 17.3. The van der Waals surface area contributed by atoms with Gasteiger partial charge in [0.25, 0.3) is 5.91 Å². The molecule has 0 aliphatic heterocycles. The Morgan fingerprint density at radius 1 is 1.20 bits per heavy atom. The van der Waals surface area contributed by atoms with Gasteiger partial charge in [-0.25, -0.2) is 0 Å². The van der Waals surface area contributed by atoms with Crippen LogP contribution in [0.5, 0.6) is 11.5 Å². The van der Waals surface area contributed by atoms with Crippen molar-refractivity contribution in [2.75, 3.05) is 7.11 Å². The summed E-state index contributed by atoms with van der Waals surface area (Å²) in [7, 11) is 1.61. The highest BCUT2D eigenvalue weighted by molar-refractivity contribution is 5.81. The number of carbonyl (C=O) groups is 1. The molecular weight excluding hydrogens is 314 g/mol. The summed E-state index contributed by atoms with van der Waals surface area (Å²) in [5.41, 5.74) is 2.57. The molecule has 0 saturated heterocycles. The SMILES string of the molecule is CC[C@@H](Oc1cccc(OC)c1)C(=O)N[C@H]1CCCc2ccccc21. The molecule has 0 spiro atoms. The Morgan fingerprint density at radius 2 is 2.00 bits per heavy atom. The molecule has 0 heterocycles. The van der Waals surface area contributed by atoms with Gasteiger partial charge in [-0.2, -0.15) is 0 Å². The van der Waals surface area contributed by atoms with Gasteiger partial charge in [0.05, 0.1) is 13.2 Å². The first-order valence-corrected chi connectivity index (χ1v) is 8.90. The Hall–Kier alpha value is -2.49. The van der Waals surface area contributed by atoms with Crippen molar-refractivity contribution >= 4 is 5.91 Å². The third kappa shape index (κ3) is 4.13. The molecular formula is C21H25NO3. The molecule has 132 valence electrons. The maximum Gasteiger partial charge on any atom is 0.261 e. The molecule has 0 radical (unpaired) electrons. The number of amides is 1. The summed E-state index contributed by atoms with van der Waals surface area (Å²) in [6, 6.07) is 15.8. The summed E-state index contributed by atoms with van der Waals surface area (Å²) in [6.07, 6.45) is 3.24. The van der Waals surface area contributed by atoms with E-state index in [2.05, 4.69) is 23.5 Å². The van der Waals surface area contributed by atoms with Crippen molar-refractivity contribution in [3.63, 3.8) is 0 Å². The fourth-order valence-corrected chi connectivity index (χ4v) is 3.33. The normalized spacial score (nSPS) is 17.3. The number of fused-ring (bicyclic) bond motifs is 1.